The Morgan fingerprint density at radius 1 is 1.04 bits per heavy atom. The lowest BCUT2D eigenvalue weighted by Gasteiger charge is -2.24. The van der Waals surface area contributed by atoms with Crippen LogP contribution in [0.15, 0.2) is 24.5 Å². The minimum atomic E-state index is 0.663. The molecule has 0 atom stereocenters. The van der Waals surface area contributed by atoms with Crippen LogP contribution in [0.5, 0.6) is 0 Å². The Hall–Kier alpha value is -1.92. The van der Waals surface area contributed by atoms with Gasteiger partial charge in [-0.2, -0.15) is 5.10 Å². The molecule has 1 saturated heterocycles. The summed E-state index contributed by atoms with van der Waals surface area (Å²) < 4.78 is 0. The van der Waals surface area contributed by atoms with Crippen molar-refractivity contribution in [2.24, 2.45) is 0 Å². The highest BCUT2D eigenvalue weighted by atomic mass is 15.2. The van der Waals surface area contributed by atoms with Gasteiger partial charge in [0.15, 0.2) is 0 Å². The number of pyridine rings is 1. The second-order valence-corrected chi connectivity index (χ2v) is 8.38. The lowest BCUT2D eigenvalue weighted by atomic mass is 9.85. The molecule has 2 aromatic rings. The molecule has 0 amide bonds. The van der Waals surface area contributed by atoms with E-state index in [0.29, 0.717) is 5.92 Å². The highest BCUT2D eigenvalue weighted by Gasteiger charge is 2.20. The number of rotatable bonds is 6. The van der Waals surface area contributed by atoms with E-state index in [0.717, 1.165) is 38.5 Å². The number of hydrogen-bond acceptors (Lipinski definition) is 5. The van der Waals surface area contributed by atoms with Gasteiger partial charge in [-0.3, -0.25) is 5.10 Å². The molecule has 152 valence electrons. The summed E-state index contributed by atoms with van der Waals surface area (Å²) in [4.78, 5) is 9.58. The van der Waals surface area contributed by atoms with Gasteiger partial charge in [-0.1, -0.05) is 25.3 Å². The van der Waals surface area contributed by atoms with Crippen LogP contribution in [0.4, 0.5) is 5.82 Å². The largest absolute Gasteiger partial charge is 0.355 e. The number of H-pyrrole nitrogens is 1. The Balaban J connectivity index is 1.38. The third kappa shape index (κ3) is 4.73. The third-order valence-corrected chi connectivity index (χ3v) is 6.28. The van der Waals surface area contributed by atoms with E-state index in [1.165, 1.54) is 61.9 Å². The highest BCUT2D eigenvalue weighted by molar-refractivity contribution is 5.47. The molecule has 2 aliphatic rings. The quantitative estimate of drug-likeness (QED) is 0.803. The van der Waals surface area contributed by atoms with Crippen molar-refractivity contribution in [3.8, 4) is 0 Å². The Morgan fingerprint density at radius 2 is 1.89 bits per heavy atom. The van der Waals surface area contributed by atoms with Gasteiger partial charge in [-0.15, -0.1) is 0 Å². The lowest BCUT2D eigenvalue weighted by molar-refractivity contribution is 0.360. The molecule has 0 unspecified atom stereocenters. The van der Waals surface area contributed by atoms with Gasteiger partial charge in [0, 0.05) is 61.7 Å². The van der Waals surface area contributed by atoms with Crippen molar-refractivity contribution in [2.45, 2.75) is 57.5 Å². The fraction of sp³-hybridized carbons (Fsp3) is 0.636. The van der Waals surface area contributed by atoms with Gasteiger partial charge in [0.05, 0.1) is 6.20 Å². The maximum absolute atomic E-state index is 4.72. The van der Waals surface area contributed by atoms with E-state index in [9.17, 15) is 0 Å². The molecule has 2 aromatic heterocycles. The first-order valence-electron chi connectivity index (χ1n) is 10.9. The van der Waals surface area contributed by atoms with Crippen LogP contribution in [0.1, 0.15) is 61.3 Å². The Bertz CT molecular complexity index is 736. The van der Waals surface area contributed by atoms with E-state index in [1.807, 2.05) is 12.4 Å². The molecule has 4 rings (SSSR count). The van der Waals surface area contributed by atoms with Crippen LogP contribution in [0.2, 0.25) is 0 Å². The third-order valence-electron chi connectivity index (χ3n) is 6.28. The van der Waals surface area contributed by atoms with Gasteiger partial charge >= 0.3 is 0 Å². The Labute approximate surface area is 168 Å². The van der Waals surface area contributed by atoms with Crippen LogP contribution >= 0.6 is 0 Å². The predicted molar refractivity (Wildman–Crippen MR) is 114 cm³/mol. The van der Waals surface area contributed by atoms with E-state index in [1.54, 1.807) is 0 Å². The summed E-state index contributed by atoms with van der Waals surface area (Å²) in [5, 5.41) is 11.3. The zero-order chi connectivity index (χ0) is 19.2. The second kappa shape index (κ2) is 9.52. The van der Waals surface area contributed by atoms with Gasteiger partial charge in [0.2, 0.25) is 0 Å². The first-order valence-corrected chi connectivity index (χ1v) is 10.9. The van der Waals surface area contributed by atoms with Crippen LogP contribution < -0.4 is 10.2 Å². The smallest absolute Gasteiger partial charge is 0.133 e. The molecule has 2 N–H and O–H groups in total. The van der Waals surface area contributed by atoms with Crippen LogP contribution in [0, 0.1) is 0 Å². The van der Waals surface area contributed by atoms with Crippen LogP contribution in [0.3, 0.4) is 0 Å². The summed E-state index contributed by atoms with van der Waals surface area (Å²) in [6.07, 6.45) is 11.8. The van der Waals surface area contributed by atoms with Crippen molar-refractivity contribution in [2.75, 3.05) is 38.1 Å². The van der Waals surface area contributed by atoms with Crippen molar-refractivity contribution in [1.82, 2.24) is 25.4 Å². The molecule has 1 saturated carbocycles. The zero-order valence-electron chi connectivity index (χ0n) is 17.2. The number of aromatic amines is 1. The van der Waals surface area contributed by atoms with Gasteiger partial charge < -0.3 is 15.1 Å². The van der Waals surface area contributed by atoms with Gasteiger partial charge in [0.1, 0.15) is 5.82 Å². The molecule has 28 heavy (non-hydrogen) atoms. The van der Waals surface area contributed by atoms with Gasteiger partial charge in [-0.05, 0) is 38.9 Å². The average molecular weight is 383 g/mol. The summed E-state index contributed by atoms with van der Waals surface area (Å²) in [6.45, 7) is 6.10. The first kappa shape index (κ1) is 19.4. The van der Waals surface area contributed by atoms with Crippen molar-refractivity contribution >= 4 is 5.82 Å². The molecule has 0 bridgehead atoms. The summed E-state index contributed by atoms with van der Waals surface area (Å²) in [5.74, 6) is 1.81. The molecule has 1 aliphatic heterocycles. The number of hydrogen-bond donors (Lipinski definition) is 2. The van der Waals surface area contributed by atoms with E-state index in [-0.39, 0.29) is 0 Å². The fourth-order valence-electron chi connectivity index (χ4n) is 4.65. The number of likely N-dealkylation sites (N-methyl/N-ethyl adjacent to an activating group) is 1. The standard InChI is InChI=1S/C22H34N6/c1-27-11-6-12-28(14-13-27)22-19(9-5-10-24-22)15-23-16-20-17-25-26-21(20)18-7-3-2-4-8-18/h5,9-10,17-18,23H,2-4,6-8,11-16H2,1H3,(H,25,26). The number of anilines is 1. The van der Waals surface area contributed by atoms with E-state index in [4.69, 9.17) is 4.98 Å². The average Bonchev–Trinajstić information content (AvgIpc) is 3.09. The number of aromatic nitrogens is 3. The van der Waals surface area contributed by atoms with Crippen LogP contribution in [-0.4, -0.2) is 53.3 Å². The Morgan fingerprint density at radius 3 is 2.79 bits per heavy atom. The molecule has 1 aliphatic carbocycles. The zero-order valence-corrected chi connectivity index (χ0v) is 17.2. The van der Waals surface area contributed by atoms with Crippen molar-refractivity contribution in [3.63, 3.8) is 0 Å². The SMILES string of the molecule is CN1CCCN(c2ncccc2CNCc2cn[nH]c2C2CCCCC2)CC1. The molecule has 0 spiro atoms. The molecule has 0 radical (unpaired) electrons. The lowest BCUT2D eigenvalue weighted by Crippen LogP contribution is -2.30. The highest BCUT2D eigenvalue weighted by Crippen LogP contribution is 2.33. The molecule has 0 aromatic carbocycles. The fourth-order valence-corrected chi connectivity index (χ4v) is 4.65. The molecule has 3 heterocycles. The van der Waals surface area contributed by atoms with Crippen molar-refractivity contribution in [3.05, 3.63) is 41.3 Å². The number of nitrogens with one attached hydrogen (secondary N) is 2. The normalized spacial score (nSPS) is 19.7. The summed E-state index contributed by atoms with van der Waals surface area (Å²) in [6, 6.07) is 4.26. The minimum Gasteiger partial charge on any atom is -0.355 e. The van der Waals surface area contributed by atoms with Gasteiger partial charge in [0.25, 0.3) is 0 Å². The van der Waals surface area contributed by atoms with E-state index in [2.05, 4.69) is 44.5 Å². The monoisotopic (exact) mass is 382 g/mol. The van der Waals surface area contributed by atoms with Gasteiger partial charge in [-0.25, -0.2) is 4.98 Å². The van der Waals surface area contributed by atoms with E-state index >= 15 is 0 Å². The summed E-state index contributed by atoms with van der Waals surface area (Å²) in [5.41, 5.74) is 3.97. The molecular formula is C22H34N6. The molecule has 6 nitrogen and oxygen atoms in total. The molecule has 6 heteroatoms. The summed E-state index contributed by atoms with van der Waals surface area (Å²) >= 11 is 0. The minimum absolute atomic E-state index is 0.663. The Kier molecular flexibility index (Phi) is 6.60. The maximum atomic E-state index is 4.72. The second-order valence-electron chi connectivity index (χ2n) is 8.38. The van der Waals surface area contributed by atoms with Crippen LogP contribution in [-0.2, 0) is 13.1 Å². The molecular weight excluding hydrogens is 348 g/mol. The maximum Gasteiger partial charge on any atom is 0.133 e. The van der Waals surface area contributed by atoms with Crippen molar-refractivity contribution in [1.29, 1.82) is 0 Å². The first-order chi connectivity index (χ1) is 13.8. The summed E-state index contributed by atoms with van der Waals surface area (Å²) in [7, 11) is 2.21. The topological polar surface area (TPSA) is 60.1 Å². The number of nitrogens with zero attached hydrogens (tertiary/aromatic N) is 4. The molecule has 2 fully saturated rings. The van der Waals surface area contributed by atoms with E-state index < -0.39 is 0 Å². The predicted octanol–water partition coefficient (Wildman–Crippen LogP) is 3.28. The van der Waals surface area contributed by atoms with Crippen molar-refractivity contribution < 1.29 is 0 Å². The van der Waals surface area contributed by atoms with Crippen LogP contribution in [0.25, 0.3) is 0 Å².